The fourth-order valence-electron chi connectivity index (χ4n) is 8.89. The number of carbonyl (C=O) groups is 8. The lowest BCUT2D eigenvalue weighted by Gasteiger charge is -2.33. The Morgan fingerprint density at radius 1 is 0.578 bits per heavy atom. The number of aliphatic hydroxyl groups is 1. The van der Waals surface area contributed by atoms with Crippen LogP contribution in [-0.4, -0.2) is 155 Å². The molecule has 0 aromatic heterocycles. The van der Waals surface area contributed by atoms with E-state index in [-0.39, 0.29) is 64.2 Å². The van der Waals surface area contributed by atoms with E-state index in [4.69, 9.17) is 11.5 Å². The zero-order chi connectivity index (χ0) is 45.8. The summed E-state index contributed by atoms with van der Waals surface area (Å²) in [6.45, 7) is -0.659. The Hall–Kier alpha value is -6.57. The van der Waals surface area contributed by atoms with Crippen LogP contribution in [0.3, 0.4) is 0 Å². The van der Waals surface area contributed by atoms with E-state index in [9.17, 15) is 43.5 Å². The van der Waals surface area contributed by atoms with Crippen molar-refractivity contribution >= 4 is 53.2 Å². The first-order valence-corrected chi connectivity index (χ1v) is 22.0. The molecule has 10 N–H and O–H groups in total. The van der Waals surface area contributed by atoms with Crippen molar-refractivity contribution in [2.45, 2.75) is 107 Å². The van der Waals surface area contributed by atoms with Gasteiger partial charge in [0.15, 0.2) is 5.96 Å². The molecule has 4 heterocycles. The summed E-state index contributed by atoms with van der Waals surface area (Å²) in [5.74, 6) is -5.29. The van der Waals surface area contributed by atoms with Crippen molar-refractivity contribution in [1.82, 2.24) is 41.3 Å². The molecule has 0 saturated carbocycles. The second kappa shape index (κ2) is 22.2. The Morgan fingerprint density at radius 2 is 1.05 bits per heavy atom. The molecular weight excluding hydrogens is 827 g/mol. The predicted octanol–water partition coefficient (Wildman–Crippen LogP) is -2.44. The Labute approximate surface area is 371 Å². The van der Waals surface area contributed by atoms with Crippen LogP contribution in [0.2, 0.25) is 0 Å². The third-order valence-electron chi connectivity index (χ3n) is 12.1. The molecule has 2 aromatic rings. The molecule has 4 fully saturated rings. The minimum Gasteiger partial charge on any atom is -0.394 e. The lowest BCUT2D eigenvalue weighted by molar-refractivity contribution is -0.148. The quantitative estimate of drug-likeness (QED) is 0.0744. The van der Waals surface area contributed by atoms with Gasteiger partial charge in [0, 0.05) is 39.0 Å². The Kier molecular flexibility index (Phi) is 16.3. The van der Waals surface area contributed by atoms with Crippen molar-refractivity contribution in [3.63, 3.8) is 0 Å². The van der Waals surface area contributed by atoms with Crippen molar-refractivity contribution < 1.29 is 43.5 Å². The van der Waals surface area contributed by atoms with Crippen LogP contribution in [0.4, 0.5) is 0 Å². The highest BCUT2D eigenvalue weighted by Crippen LogP contribution is 2.27. The first kappa shape index (κ1) is 46.9. The maximum absolute atomic E-state index is 14.5. The summed E-state index contributed by atoms with van der Waals surface area (Å²) < 4.78 is 0. The van der Waals surface area contributed by atoms with Gasteiger partial charge in [0.1, 0.15) is 42.3 Å². The predicted molar refractivity (Wildman–Crippen MR) is 232 cm³/mol. The molecule has 0 bridgehead atoms. The van der Waals surface area contributed by atoms with Gasteiger partial charge in [0.2, 0.25) is 47.3 Å². The van der Waals surface area contributed by atoms with Gasteiger partial charge < -0.3 is 57.9 Å². The summed E-state index contributed by atoms with van der Waals surface area (Å²) >= 11 is 0. The average Bonchev–Trinajstić information content (AvgIpc) is 4.10. The summed E-state index contributed by atoms with van der Waals surface area (Å²) in [4.78, 5) is 121. The fourth-order valence-corrected chi connectivity index (χ4v) is 8.89. The highest BCUT2D eigenvalue weighted by Gasteiger charge is 2.45. The topological polar surface area (TPSA) is 291 Å². The normalized spacial score (nSPS) is 26.7. The molecule has 20 heteroatoms. The van der Waals surface area contributed by atoms with Crippen molar-refractivity contribution in [3.8, 4) is 0 Å². The molecule has 20 nitrogen and oxygen atoms in total. The average molecular weight is 886 g/mol. The fraction of sp³-hybridized carbons (Fsp3) is 0.523. The number of nitrogens with two attached hydrogens (primary N) is 2. The standard InChI is InChI=1S/C44H59N11O9/c45-44(46)47-19-7-15-29-41(62)55-22-10-18-35(55)43(64)54-21-8-16-33(54)39(60)48-25-36(57)49-30(23-27-11-3-1-4-12-27)37(58)52-32(26-56)42(63)53-20-9-17-34(53)40(61)51-31(38(59)50-29)24-28-13-5-2-6-14-28/h1-6,11-14,29-35,56H,7-10,15-26H2,(H,48,60)(H,49,57)(H,50,59)(H,51,61)(H,52,58)(H4,45,46,47)/t29-,30-,31-,32-,33-,34-,35-/m0/s1. The summed E-state index contributed by atoms with van der Waals surface area (Å²) in [5, 5.41) is 23.9. The van der Waals surface area contributed by atoms with Crippen molar-refractivity contribution in [2.24, 2.45) is 16.5 Å². The van der Waals surface area contributed by atoms with Crippen LogP contribution in [-0.2, 0) is 51.2 Å². The van der Waals surface area contributed by atoms with E-state index in [1.807, 2.05) is 0 Å². The monoisotopic (exact) mass is 885 g/mol. The van der Waals surface area contributed by atoms with Crippen LogP contribution >= 0.6 is 0 Å². The van der Waals surface area contributed by atoms with Gasteiger partial charge in [-0.05, 0) is 62.5 Å². The molecule has 2 aromatic carbocycles. The van der Waals surface area contributed by atoms with Gasteiger partial charge in [0.05, 0.1) is 13.2 Å². The number of guanidine groups is 1. The minimum absolute atomic E-state index is 0.00303. The summed E-state index contributed by atoms with van der Waals surface area (Å²) in [6, 6.07) is 9.61. The third kappa shape index (κ3) is 11.9. The zero-order valence-electron chi connectivity index (χ0n) is 35.8. The Bertz CT molecular complexity index is 2050. The van der Waals surface area contributed by atoms with Crippen molar-refractivity contribution in [1.29, 1.82) is 0 Å². The summed E-state index contributed by atoms with van der Waals surface area (Å²) in [5.41, 5.74) is 12.5. The molecule has 0 radical (unpaired) electrons. The molecule has 4 saturated heterocycles. The first-order chi connectivity index (χ1) is 30.8. The molecule has 344 valence electrons. The molecular formula is C44H59N11O9. The second-order valence-corrected chi connectivity index (χ2v) is 16.6. The van der Waals surface area contributed by atoms with E-state index in [1.165, 1.54) is 14.7 Å². The number of fused-ring (bicyclic) bond motifs is 3. The number of hydrogen-bond acceptors (Lipinski definition) is 10. The van der Waals surface area contributed by atoms with Crippen LogP contribution < -0.4 is 38.1 Å². The highest BCUT2D eigenvalue weighted by molar-refractivity contribution is 5.99. The van der Waals surface area contributed by atoms with E-state index in [1.54, 1.807) is 60.7 Å². The van der Waals surface area contributed by atoms with Gasteiger partial charge in [-0.15, -0.1) is 0 Å². The van der Waals surface area contributed by atoms with Gasteiger partial charge in [0.25, 0.3) is 0 Å². The number of benzene rings is 2. The van der Waals surface area contributed by atoms with Gasteiger partial charge in [-0.2, -0.15) is 0 Å². The molecule has 0 unspecified atom stereocenters. The first-order valence-electron chi connectivity index (χ1n) is 22.0. The van der Waals surface area contributed by atoms with E-state index >= 15 is 0 Å². The number of amides is 8. The van der Waals surface area contributed by atoms with Gasteiger partial charge >= 0.3 is 0 Å². The Morgan fingerprint density at radius 3 is 1.61 bits per heavy atom. The molecule has 7 atom stereocenters. The smallest absolute Gasteiger partial charge is 0.248 e. The minimum atomic E-state index is -1.50. The number of nitrogens with one attached hydrogen (secondary N) is 5. The number of rotatable bonds is 9. The van der Waals surface area contributed by atoms with E-state index in [2.05, 4.69) is 31.6 Å². The third-order valence-corrected chi connectivity index (χ3v) is 12.1. The van der Waals surface area contributed by atoms with E-state index in [0.717, 1.165) is 0 Å². The number of aliphatic imine (C=N–C) groups is 1. The maximum Gasteiger partial charge on any atom is 0.248 e. The number of nitrogens with zero attached hydrogens (tertiary/aromatic N) is 4. The highest BCUT2D eigenvalue weighted by atomic mass is 16.3. The van der Waals surface area contributed by atoms with Gasteiger partial charge in [-0.1, -0.05) is 60.7 Å². The largest absolute Gasteiger partial charge is 0.394 e. The van der Waals surface area contributed by atoms with Gasteiger partial charge in [-0.25, -0.2) is 0 Å². The number of hydrogen-bond donors (Lipinski definition) is 8. The zero-order valence-corrected chi connectivity index (χ0v) is 35.8. The van der Waals surface area contributed by atoms with Crippen LogP contribution in [0.1, 0.15) is 62.5 Å². The Balaban J connectivity index is 1.33. The number of carbonyl (C=O) groups excluding carboxylic acids is 8. The molecule has 64 heavy (non-hydrogen) atoms. The maximum atomic E-state index is 14.5. The van der Waals surface area contributed by atoms with Crippen LogP contribution in [0, 0.1) is 0 Å². The SMILES string of the molecule is NC(N)=NCCC[C@@H]1NC(=O)[C@H](Cc2ccccc2)NC(=O)[C@@H]2CCCN2C(=O)[C@H](CO)NC(=O)[C@H](Cc2ccccc2)NC(=O)CNC(=O)[C@@H]2CCCN2C(=O)[C@@H]2CCCN2C1=O. The van der Waals surface area contributed by atoms with Crippen molar-refractivity contribution in [3.05, 3.63) is 71.8 Å². The molecule has 6 rings (SSSR count). The number of aliphatic hydroxyl groups excluding tert-OH is 1. The van der Waals surface area contributed by atoms with Crippen LogP contribution in [0.25, 0.3) is 0 Å². The van der Waals surface area contributed by atoms with Crippen LogP contribution in [0.5, 0.6) is 0 Å². The molecule has 4 aliphatic heterocycles. The molecule has 4 aliphatic rings. The van der Waals surface area contributed by atoms with E-state index in [0.29, 0.717) is 43.2 Å². The van der Waals surface area contributed by atoms with Crippen LogP contribution in [0.15, 0.2) is 65.7 Å². The molecule has 0 spiro atoms. The van der Waals surface area contributed by atoms with Crippen molar-refractivity contribution in [2.75, 3.05) is 39.3 Å². The second-order valence-electron chi connectivity index (χ2n) is 16.6. The lowest BCUT2D eigenvalue weighted by atomic mass is 10.0. The molecule has 0 aliphatic carbocycles. The van der Waals surface area contributed by atoms with E-state index < -0.39 is 103 Å². The summed E-state index contributed by atoms with van der Waals surface area (Å²) in [7, 11) is 0. The summed E-state index contributed by atoms with van der Waals surface area (Å²) in [6.07, 6.45) is 2.60. The lowest BCUT2D eigenvalue weighted by Crippen LogP contribution is -2.61. The van der Waals surface area contributed by atoms with Gasteiger partial charge in [-0.3, -0.25) is 43.3 Å². The molecule has 8 amide bonds.